The van der Waals surface area contributed by atoms with E-state index in [4.69, 9.17) is 32.4 Å². The molecular weight excluding hydrogens is 461 g/mol. The molecule has 0 aliphatic rings. The van der Waals surface area contributed by atoms with Gasteiger partial charge in [0.25, 0.3) is 5.91 Å². The first-order chi connectivity index (χ1) is 15.7. The van der Waals surface area contributed by atoms with E-state index in [0.29, 0.717) is 32.3 Å². The summed E-state index contributed by atoms with van der Waals surface area (Å²) in [7, 11) is 0. The Morgan fingerprint density at radius 3 is 2.45 bits per heavy atom. The molecule has 33 heavy (non-hydrogen) atoms. The molecule has 5 nitrogen and oxygen atoms in total. The van der Waals surface area contributed by atoms with Crippen LogP contribution in [0.5, 0.6) is 5.75 Å². The van der Waals surface area contributed by atoms with Gasteiger partial charge in [-0.2, -0.15) is 0 Å². The maximum atomic E-state index is 13.4. The number of aryl methyl sites for hydroxylation is 3. The quantitative estimate of drug-likeness (QED) is 0.343. The van der Waals surface area contributed by atoms with Crippen LogP contribution in [0.25, 0.3) is 22.3 Å². The largest absolute Gasteiger partial charge is 0.476 e. The predicted octanol–water partition coefficient (Wildman–Crippen LogP) is 6.71. The molecule has 1 heterocycles. The minimum atomic E-state index is -0.444. The highest BCUT2D eigenvalue weighted by Crippen LogP contribution is 2.36. The summed E-state index contributed by atoms with van der Waals surface area (Å²) in [6, 6.07) is 15.9. The van der Waals surface area contributed by atoms with Crippen molar-refractivity contribution < 1.29 is 13.9 Å². The highest BCUT2D eigenvalue weighted by Gasteiger charge is 2.21. The van der Waals surface area contributed by atoms with Crippen molar-refractivity contribution in [2.24, 2.45) is 0 Å². The summed E-state index contributed by atoms with van der Waals surface area (Å²) in [6.07, 6.45) is 0. The van der Waals surface area contributed by atoms with Crippen LogP contribution in [0.4, 0.5) is 5.69 Å². The number of anilines is 1. The molecule has 4 rings (SSSR count). The van der Waals surface area contributed by atoms with E-state index < -0.39 is 12.5 Å². The van der Waals surface area contributed by atoms with Gasteiger partial charge in [0.1, 0.15) is 5.58 Å². The smallest absolute Gasteiger partial charge is 0.262 e. The van der Waals surface area contributed by atoms with Gasteiger partial charge in [-0.25, -0.2) is 0 Å². The molecule has 0 fully saturated rings. The van der Waals surface area contributed by atoms with E-state index in [1.807, 2.05) is 26.8 Å². The lowest BCUT2D eigenvalue weighted by atomic mass is 10.0. The molecule has 0 unspecified atom stereocenters. The molecule has 3 aromatic carbocycles. The van der Waals surface area contributed by atoms with Crippen molar-refractivity contribution in [3.63, 3.8) is 0 Å². The molecule has 0 atom stereocenters. The third kappa shape index (κ3) is 4.75. The lowest BCUT2D eigenvalue weighted by Gasteiger charge is -2.14. The number of carbonyl (C=O) groups excluding carboxylic acids is 1. The molecule has 0 bridgehead atoms. The van der Waals surface area contributed by atoms with Crippen molar-refractivity contribution in [1.82, 2.24) is 0 Å². The Kier molecular flexibility index (Phi) is 6.45. The van der Waals surface area contributed by atoms with E-state index in [1.165, 1.54) is 0 Å². The van der Waals surface area contributed by atoms with Gasteiger partial charge >= 0.3 is 0 Å². The number of amides is 1. The van der Waals surface area contributed by atoms with Crippen LogP contribution in [0, 0.1) is 20.8 Å². The number of hydrogen-bond acceptors (Lipinski definition) is 4. The Morgan fingerprint density at radius 2 is 1.73 bits per heavy atom. The first kappa shape index (κ1) is 22.9. The second-order valence-electron chi connectivity index (χ2n) is 7.83. The van der Waals surface area contributed by atoms with E-state index in [-0.39, 0.29) is 16.9 Å². The fourth-order valence-corrected chi connectivity index (χ4v) is 4.03. The number of fused-ring (bicyclic) bond motifs is 1. The molecule has 7 heteroatoms. The highest BCUT2D eigenvalue weighted by molar-refractivity contribution is 6.33. The third-order valence-electron chi connectivity index (χ3n) is 5.22. The molecule has 4 aromatic rings. The summed E-state index contributed by atoms with van der Waals surface area (Å²) in [5, 5.41) is 4.05. The van der Waals surface area contributed by atoms with Gasteiger partial charge in [0.15, 0.2) is 12.4 Å². The van der Waals surface area contributed by atoms with Gasteiger partial charge in [0.05, 0.1) is 10.4 Å². The minimum absolute atomic E-state index is 0.0698. The van der Waals surface area contributed by atoms with Crippen molar-refractivity contribution in [2.75, 3.05) is 11.9 Å². The monoisotopic (exact) mass is 481 g/mol. The van der Waals surface area contributed by atoms with Gasteiger partial charge in [0, 0.05) is 16.3 Å². The summed E-state index contributed by atoms with van der Waals surface area (Å²) in [4.78, 5) is 26.0. The first-order valence-corrected chi connectivity index (χ1v) is 11.0. The van der Waals surface area contributed by atoms with Crippen LogP contribution in [0.1, 0.15) is 16.7 Å². The summed E-state index contributed by atoms with van der Waals surface area (Å²) < 4.78 is 11.9. The van der Waals surface area contributed by atoms with Crippen molar-refractivity contribution in [3.8, 4) is 17.1 Å². The normalized spacial score (nSPS) is 10.9. The highest BCUT2D eigenvalue weighted by atomic mass is 35.5. The molecule has 0 radical (unpaired) electrons. The lowest BCUT2D eigenvalue weighted by molar-refractivity contribution is -0.118. The van der Waals surface area contributed by atoms with Gasteiger partial charge in [-0.15, -0.1) is 0 Å². The minimum Gasteiger partial charge on any atom is -0.476 e. The number of hydrogen-bond donors (Lipinski definition) is 1. The van der Waals surface area contributed by atoms with Gasteiger partial charge < -0.3 is 14.5 Å². The summed E-state index contributed by atoms with van der Waals surface area (Å²) in [5.74, 6) is -0.339. The Balaban J connectivity index is 1.73. The van der Waals surface area contributed by atoms with Crippen LogP contribution < -0.4 is 15.5 Å². The zero-order valence-corrected chi connectivity index (χ0v) is 19.8. The summed E-state index contributed by atoms with van der Waals surface area (Å²) >= 11 is 12.5. The molecule has 1 amide bonds. The van der Waals surface area contributed by atoms with Gasteiger partial charge in [-0.3, -0.25) is 9.59 Å². The second-order valence-corrected chi connectivity index (χ2v) is 8.64. The van der Waals surface area contributed by atoms with E-state index in [2.05, 4.69) is 5.32 Å². The molecule has 1 N–H and O–H groups in total. The summed E-state index contributed by atoms with van der Waals surface area (Å²) in [6.45, 7) is 5.23. The van der Waals surface area contributed by atoms with Crippen molar-refractivity contribution >= 4 is 45.8 Å². The first-order valence-electron chi connectivity index (χ1n) is 10.3. The Hall–Kier alpha value is -3.28. The van der Waals surface area contributed by atoms with Gasteiger partial charge in [-0.1, -0.05) is 47.5 Å². The second kappa shape index (κ2) is 9.30. The molecule has 0 aliphatic carbocycles. The third-order valence-corrected chi connectivity index (χ3v) is 5.95. The van der Waals surface area contributed by atoms with Crippen LogP contribution in [0.15, 0.2) is 63.8 Å². The zero-order chi connectivity index (χ0) is 23.7. The number of rotatable bonds is 5. The standard InChI is InChI=1S/C26H21Cl2NO4/c1-14-10-16(3)23-21(11-14)33-25(18-6-4-5-7-19(18)27)26(24(23)31)32-13-22(30)29-17-9-8-15(2)20(28)12-17/h4-12H,13H2,1-3H3,(H,29,30). The Bertz CT molecular complexity index is 1440. The maximum absolute atomic E-state index is 13.4. The van der Waals surface area contributed by atoms with E-state index in [0.717, 1.165) is 16.7 Å². The van der Waals surface area contributed by atoms with Crippen molar-refractivity contribution in [3.05, 3.63) is 91.6 Å². The molecule has 0 aliphatic heterocycles. The van der Waals surface area contributed by atoms with Crippen LogP contribution in [0.3, 0.4) is 0 Å². The molecule has 1 aromatic heterocycles. The fourth-order valence-electron chi connectivity index (χ4n) is 3.63. The number of nitrogens with one attached hydrogen (secondary N) is 1. The van der Waals surface area contributed by atoms with Crippen molar-refractivity contribution in [1.29, 1.82) is 0 Å². The predicted molar refractivity (Wildman–Crippen MR) is 133 cm³/mol. The van der Waals surface area contributed by atoms with Gasteiger partial charge in [0.2, 0.25) is 11.2 Å². The molecule has 0 saturated carbocycles. The van der Waals surface area contributed by atoms with Crippen LogP contribution in [-0.2, 0) is 4.79 Å². The molecule has 0 saturated heterocycles. The molecule has 168 valence electrons. The Labute approximate surface area is 200 Å². The fraction of sp³-hybridized carbons (Fsp3) is 0.154. The molecular formula is C26H21Cl2NO4. The zero-order valence-electron chi connectivity index (χ0n) is 18.3. The maximum Gasteiger partial charge on any atom is 0.262 e. The molecule has 0 spiro atoms. The van der Waals surface area contributed by atoms with Gasteiger partial charge in [-0.05, 0) is 67.8 Å². The average Bonchev–Trinajstić information content (AvgIpc) is 2.75. The summed E-state index contributed by atoms with van der Waals surface area (Å²) in [5.41, 5.74) is 3.70. The number of benzene rings is 3. The van der Waals surface area contributed by atoms with Crippen molar-refractivity contribution in [2.45, 2.75) is 20.8 Å². The number of halogens is 2. The average molecular weight is 482 g/mol. The van der Waals surface area contributed by atoms with E-state index in [9.17, 15) is 9.59 Å². The van der Waals surface area contributed by atoms with E-state index >= 15 is 0 Å². The SMILES string of the molecule is Cc1cc(C)c2c(=O)c(OCC(=O)Nc3ccc(C)c(Cl)c3)c(-c3ccccc3Cl)oc2c1. The van der Waals surface area contributed by atoms with Crippen LogP contribution in [0.2, 0.25) is 10.0 Å². The number of carbonyl (C=O) groups is 1. The Morgan fingerprint density at radius 1 is 0.970 bits per heavy atom. The topological polar surface area (TPSA) is 68.5 Å². The van der Waals surface area contributed by atoms with Crippen LogP contribution >= 0.6 is 23.2 Å². The lowest BCUT2D eigenvalue weighted by Crippen LogP contribution is -2.23. The van der Waals surface area contributed by atoms with Crippen LogP contribution in [-0.4, -0.2) is 12.5 Å². The number of ether oxygens (including phenoxy) is 1. The van der Waals surface area contributed by atoms with E-state index in [1.54, 1.807) is 48.5 Å².